The molecule has 1 fully saturated rings. The number of aromatic nitrogens is 1. The highest BCUT2D eigenvalue weighted by Crippen LogP contribution is 2.40. The highest BCUT2D eigenvalue weighted by Gasteiger charge is 2.32. The van der Waals surface area contributed by atoms with E-state index in [0.717, 1.165) is 44.2 Å². The van der Waals surface area contributed by atoms with E-state index >= 15 is 0 Å². The van der Waals surface area contributed by atoms with Gasteiger partial charge in [0.25, 0.3) is 0 Å². The summed E-state index contributed by atoms with van der Waals surface area (Å²) >= 11 is 1.66. The molecule has 5 aromatic rings. The van der Waals surface area contributed by atoms with Gasteiger partial charge in [0, 0.05) is 30.5 Å². The van der Waals surface area contributed by atoms with Crippen molar-refractivity contribution in [3.05, 3.63) is 150 Å². The summed E-state index contributed by atoms with van der Waals surface area (Å²) in [5, 5.41) is 10.4. The van der Waals surface area contributed by atoms with Crippen molar-refractivity contribution in [1.82, 2.24) is 9.71 Å². The van der Waals surface area contributed by atoms with Crippen LogP contribution in [0.5, 0.6) is 0 Å². The number of pyridine rings is 1. The molecule has 230 valence electrons. The Morgan fingerprint density at radius 2 is 1.51 bits per heavy atom. The normalized spacial score (nSPS) is 18.5. The fraction of sp³-hybridized carbons (Fsp3) is 0.194. The number of rotatable bonds is 11. The summed E-state index contributed by atoms with van der Waals surface area (Å²) in [6.07, 6.45) is 1.66. The Kier molecular flexibility index (Phi) is 10.0. The minimum Gasteiger partial charge on any atom is -0.392 e. The first-order chi connectivity index (χ1) is 22.0. The number of benzene rings is 4. The van der Waals surface area contributed by atoms with Crippen LogP contribution in [-0.4, -0.2) is 30.4 Å². The van der Waals surface area contributed by atoms with E-state index < -0.39 is 16.3 Å². The van der Waals surface area contributed by atoms with E-state index in [2.05, 4.69) is 9.71 Å². The van der Waals surface area contributed by atoms with Crippen LogP contribution in [0.2, 0.25) is 0 Å². The molecule has 0 radical (unpaired) electrons. The molecule has 3 atom stereocenters. The Morgan fingerprint density at radius 1 is 0.800 bits per heavy atom. The quantitative estimate of drug-likeness (QED) is 0.150. The average molecular weight is 639 g/mol. The Morgan fingerprint density at radius 3 is 2.24 bits per heavy atom. The van der Waals surface area contributed by atoms with Gasteiger partial charge in [0.05, 0.1) is 28.7 Å². The maximum absolute atomic E-state index is 12.8. The topological polar surface area (TPSA) is 97.8 Å². The zero-order valence-electron chi connectivity index (χ0n) is 24.5. The lowest BCUT2D eigenvalue weighted by Crippen LogP contribution is -2.31. The Balaban J connectivity index is 1.20. The van der Waals surface area contributed by atoms with Crippen LogP contribution in [0.1, 0.15) is 41.1 Å². The van der Waals surface area contributed by atoms with Gasteiger partial charge in [-0.2, -0.15) is 0 Å². The van der Waals surface area contributed by atoms with Crippen molar-refractivity contribution in [3.63, 3.8) is 0 Å². The molecule has 6 rings (SSSR count). The van der Waals surface area contributed by atoms with Crippen LogP contribution in [0, 0.1) is 0 Å². The largest absolute Gasteiger partial charge is 0.392 e. The summed E-state index contributed by atoms with van der Waals surface area (Å²) in [6, 6.07) is 37.9. The van der Waals surface area contributed by atoms with Crippen molar-refractivity contribution in [1.29, 1.82) is 0 Å². The molecular weight excluding hydrogens is 605 g/mol. The lowest BCUT2D eigenvalue weighted by Gasteiger charge is -2.36. The molecule has 0 spiro atoms. The maximum atomic E-state index is 12.8. The second-order valence-corrected chi connectivity index (χ2v) is 13.6. The number of sulfonamides is 1. The summed E-state index contributed by atoms with van der Waals surface area (Å²) in [5.41, 5.74) is 5.56. The van der Waals surface area contributed by atoms with Crippen molar-refractivity contribution >= 4 is 21.8 Å². The summed E-state index contributed by atoms with van der Waals surface area (Å²) < 4.78 is 41.4. The molecule has 9 heteroatoms. The van der Waals surface area contributed by atoms with Gasteiger partial charge in [0.1, 0.15) is 0 Å². The molecule has 1 aromatic heterocycles. The minimum atomic E-state index is -3.64. The van der Waals surface area contributed by atoms with Gasteiger partial charge in [-0.3, -0.25) is 0 Å². The van der Waals surface area contributed by atoms with E-state index in [1.165, 1.54) is 0 Å². The molecule has 4 aromatic carbocycles. The van der Waals surface area contributed by atoms with Crippen LogP contribution in [0.3, 0.4) is 0 Å². The molecule has 0 saturated carbocycles. The monoisotopic (exact) mass is 638 g/mol. The van der Waals surface area contributed by atoms with E-state index in [-0.39, 0.29) is 30.3 Å². The second kappa shape index (κ2) is 14.5. The van der Waals surface area contributed by atoms with E-state index in [1.807, 2.05) is 91.0 Å². The summed E-state index contributed by atoms with van der Waals surface area (Å²) in [4.78, 5) is 4.67. The van der Waals surface area contributed by atoms with Gasteiger partial charge in [-0.15, -0.1) is 11.8 Å². The summed E-state index contributed by atoms with van der Waals surface area (Å²) in [7, 11) is -3.64. The van der Waals surface area contributed by atoms with E-state index in [9.17, 15) is 13.5 Å². The average Bonchev–Trinajstić information content (AvgIpc) is 3.11. The van der Waals surface area contributed by atoms with Crippen molar-refractivity contribution in [2.45, 2.75) is 48.0 Å². The molecule has 0 aliphatic carbocycles. The molecule has 1 aliphatic heterocycles. The zero-order chi connectivity index (χ0) is 31.1. The number of hydrogen-bond donors (Lipinski definition) is 2. The van der Waals surface area contributed by atoms with Gasteiger partial charge in [0.15, 0.2) is 6.29 Å². The van der Waals surface area contributed by atoms with E-state index in [1.54, 1.807) is 48.3 Å². The molecule has 2 N–H and O–H groups in total. The minimum absolute atomic E-state index is 0.00470. The predicted molar refractivity (Wildman–Crippen MR) is 176 cm³/mol. The fourth-order valence-electron chi connectivity index (χ4n) is 5.27. The van der Waals surface area contributed by atoms with Crippen LogP contribution < -0.4 is 4.72 Å². The SMILES string of the molecule is O=S(=O)(NCc1ccccc1-c1ccc([C@H]2O[C@@H](CSc3ccccn3)C[C@@H](c3ccc(CO)cc3)O2)cc1)c1ccccc1. The lowest BCUT2D eigenvalue weighted by molar-refractivity contribution is -0.245. The number of nitrogens with one attached hydrogen (secondary N) is 1. The number of thioether (sulfide) groups is 1. The number of aliphatic hydroxyl groups excluding tert-OH is 1. The van der Waals surface area contributed by atoms with Gasteiger partial charge >= 0.3 is 0 Å². The first-order valence-electron chi connectivity index (χ1n) is 14.8. The van der Waals surface area contributed by atoms with E-state index in [0.29, 0.717) is 6.42 Å². The number of hydrogen-bond acceptors (Lipinski definition) is 7. The highest BCUT2D eigenvalue weighted by atomic mass is 32.2. The summed E-state index contributed by atoms with van der Waals surface area (Å²) in [5.74, 6) is 0.729. The van der Waals surface area contributed by atoms with Crippen molar-refractivity contribution in [2.75, 3.05) is 5.75 Å². The number of ether oxygens (including phenoxy) is 2. The van der Waals surface area contributed by atoms with E-state index in [4.69, 9.17) is 9.47 Å². The zero-order valence-corrected chi connectivity index (χ0v) is 26.2. The van der Waals surface area contributed by atoms with Crippen LogP contribution in [-0.2, 0) is 32.6 Å². The van der Waals surface area contributed by atoms with Gasteiger partial charge < -0.3 is 14.6 Å². The van der Waals surface area contributed by atoms with Crippen molar-refractivity contribution < 1.29 is 23.0 Å². The molecule has 1 aliphatic rings. The Labute approximate surface area is 268 Å². The predicted octanol–water partition coefficient (Wildman–Crippen LogP) is 7.06. The van der Waals surface area contributed by atoms with Crippen LogP contribution in [0.15, 0.2) is 137 Å². The third-order valence-electron chi connectivity index (χ3n) is 7.69. The molecule has 1 saturated heterocycles. The van der Waals surface area contributed by atoms with Gasteiger partial charge in [-0.05, 0) is 52.1 Å². The van der Waals surface area contributed by atoms with Crippen LogP contribution >= 0.6 is 11.8 Å². The smallest absolute Gasteiger partial charge is 0.240 e. The molecule has 0 unspecified atom stereocenters. The van der Waals surface area contributed by atoms with Crippen molar-refractivity contribution in [3.8, 4) is 11.1 Å². The molecule has 0 bridgehead atoms. The van der Waals surface area contributed by atoms with Gasteiger partial charge in [-0.1, -0.05) is 97.1 Å². The molecule has 0 amide bonds. The van der Waals surface area contributed by atoms with Crippen LogP contribution in [0.4, 0.5) is 0 Å². The number of nitrogens with zero attached hydrogens (tertiary/aromatic N) is 1. The molecular formula is C36H34N2O5S2. The van der Waals surface area contributed by atoms with Crippen molar-refractivity contribution in [2.24, 2.45) is 0 Å². The fourth-order valence-corrected chi connectivity index (χ4v) is 7.17. The molecule has 7 nitrogen and oxygen atoms in total. The van der Waals surface area contributed by atoms with Crippen LogP contribution in [0.25, 0.3) is 11.1 Å². The third-order valence-corrected chi connectivity index (χ3v) is 10.2. The maximum Gasteiger partial charge on any atom is 0.240 e. The Hall–Kier alpha value is -3.83. The summed E-state index contributed by atoms with van der Waals surface area (Å²) in [6.45, 7) is 0.158. The molecule has 2 heterocycles. The Bertz CT molecular complexity index is 1790. The molecule has 45 heavy (non-hydrogen) atoms. The lowest BCUT2D eigenvalue weighted by atomic mass is 9.98. The standard InChI is InChI=1S/C36H34N2O5S2/c39-24-26-13-15-28(16-14-26)34-22-31(25-44-35-12-6-7-21-37-35)42-36(43-34)29-19-17-27(18-20-29)33-11-5-4-8-30(33)23-38-45(40,41)32-9-2-1-3-10-32/h1-21,31,34,36,38-39H,22-25H2/t31-,34+,36+/m1/s1. The van der Waals surface area contributed by atoms with Gasteiger partial charge in [-0.25, -0.2) is 18.1 Å². The third kappa shape index (κ3) is 7.88. The highest BCUT2D eigenvalue weighted by molar-refractivity contribution is 7.99. The second-order valence-electron chi connectivity index (χ2n) is 10.7. The first kappa shape index (κ1) is 31.2. The van der Waals surface area contributed by atoms with Gasteiger partial charge in [0.2, 0.25) is 10.0 Å². The number of aliphatic hydroxyl groups is 1. The first-order valence-corrected chi connectivity index (χ1v) is 17.2.